The maximum atomic E-state index is 6.47. The summed E-state index contributed by atoms with van der Waals surface area (Å²) < 4.78 is 44.2. The Labute approximate surface area is 244 Å². The molecule has 0 N–H and O–H groups in total. The van der Waals surface area contributed by atoms with Gasteiger partial charge in [0.05, 0.1) is 37.6 Å². The predicted molar refractivity (Wildman–Crippen MR) is 154 cm³/mol. The fraction of sp³-hybridized carbons (Fsp3) is 1.00. The maximum absolute atomic E-state index is 6.47. The first kappa shape index (κ1) is 39.6. The fourth-order valence-electron chi connectivity index (χ4n) is 3.57. The molecule has 0 rings (SSSR count). The van der Waals surface area contributed by atoms with Crippen LogP contribution in [0, 0.1) is 5.92 Å². The van der Waals surface area contributed by atoms with Crippen LogP contribution in [-0.4, -0.2) is 69.1 Å². The molecule has 0 radical (unpaired) electrons. The lowest BCUT2D eigenvalue weighted by atomic mass is 10.0. The fourth-order valence-corrected chi connectivity index (χ4v) is 3.57. The normalized spacial score (nSPS) is 18.1. The van der Waals surface area contributed by atoms with Crippen LogP contribution in [0.2, 0.25) is 0 Å². The number of hydrogen-bond acceptors (Lipinski definition) is 10. The van der Waals surface area contributed by atoms with E-state index in [1.807, 2.05) is 55.4 Å². The third kappa shape index (κ3) is 14.2. The predicted octanol–water partition coefficient (Wildman–Crippen LogP) is 7.29. The minimum Gasteiger partial charge on any atom is -0.347 e. The van der Waals surface area contributed by atoms with Gasteiger partial charge in [0, 0.05) is 26.6 Å². The lowest BCUT2D eigenvalue weighted by Gasteiger charge is -2.47. The summed E-state index contributed by atoms with van der Waals surface area (Å²) in [5, 5.41) is 5.28. The summed E-state index contributed by atoms with van der Waals surface area (Å²) in [7, 11) is 1.52. The second kappa shape index (κ2) is 19.7. The molecule has 0 saturated heterocycles. The summed E-state index contributed by atoms with van der Waals surface area (Å²) in [6.07, 6.45) is 3.19. The standard InChI is InChI=1S/C30H62O10/c1-14-18-22-33-29(35-23-24(5)6,37-26(9)16-3)20-19-28(31-13,32-17-4)30(34-21-15-2,36-25(7)8)39-40-38-27(10,11)12/h24-26H,14-23H2,1-13H3. The summed E-state index contributed by atoms with van der Waals surface area (Å²) in [5.74, 6) is -4.68. The zero-order valence-corrected chi connectivity index (χ0v) is 27.9. The summed E-state index contributed by atoms with van der Waals surface area (Å²) >= 11 is 0. The third-order valence-electron chi connectivity index (χ3n) is 5.66. The summed E-state index contributed by atoms with van der Waals surface area (Å²) in [5.41, 5.74) is -0.660. The van der Waals surface area contributed by atoms with Crippen molar-refractivity contribution in [1.82, 2.24) is 0 Å². The van der Waals surface area contributed by atoms with Crippen molar-refractivity contribution in [1.29, 1.82) is 0 Å². The smallest absolute Gasteiger partial charge is 0.347 e. The average molecular weight is 583 g/mol. The molecule has 0 aromatic carbocycles. The van der Waals surface area contributed by atoms with Gasteiger partial charge in [0.25, 0.3) is 11.8 Å². The van der Waals surface area contributed by atoms with Gasteiger partial charge in [-0.05, 0) is 73.6 Å². The lowest BCUT2D eigenvalue weighted by Crippen LogP contribution is -2.64. The van der Waals surface area contributed by atoms with Crippen molar-refractivity contribution in [2.24, 2.45) is 5.92 Å². The minimum atomic E-state index is -1.96. The second-order valence-corrected chi connectivity index (χ2v) is 11.7. The number of methoxy groups -OCH3 is 1. The highest BCUT2D eigenvalue weighted by atomic mass is 17.5. The van der Waals surface area contributed by atoms with Gasteiger partial charge in [-0.25, -0.2) is 4.89 Å². The van der Waals surface area contributed by atoms with E-state index in [2.05, 4.69) is 27.7 Å². The number of unbranched alkanes of at least 4 members (excludes halogenated alkanes) is 1. The van der Waals surface area contributed by atoms with E-state index >= 15 is 0 Å². The number of hydrogen-bond donors (Lipinski definition) is 0. The third-order valence-corrected chi connectivity index (χ3v) is 5.66. The molecular weight excluding hydrogens is 520 g/mol. The molecule has 0 aromatic rings. The second-order valence-electron chi connectivity index (χ2n) is 11.7. The number of ether oxygens (including phenoxy) is 7. The van der Waals surface area contributed by atoms with Crippen LogP contribution in [0.15, 0.2) is 0 Å². The van der Waals surface area contributed by atoms with E-state index < -0.39 is 23.3 Å². The molecule has 40 heavy (non-hydrogen) atoms. The first-order valence-electron chi connectivity index (χ1n) is 15.2. The van der Waals surface area contributed by atoms with Crippen LogP contribution in [0.25, 0.3) is 0 Å². The Bertz CT molecular complexity index is 626. The largest absolute Gasteiger partial charge is 0.371 e. The van der Waals surface area contributed by atoms with E-state index in [9.17, 15) is 0 Å². The highest BCUT2D eigenvalue weighted by Gasteiger charge is 2.61. The molecule has 0 bridgehead atoms. The zero-order chi connectivity index (χ0) is 30.9. The Morgan fingerprint density at radius 3 is 1.85 bits per heavy atom. The molecule has 0 aliphatic heterocycles. The average Bonchev–Trinajstić information content (AvgIpc) is 2.87. The molecule has 0 aromatic heterocycles. The van der Waals surface area contributed by atoms with Gasteiger partial charge in [0.2, 0.25) is 0 Å². The number of rotatable bonds is 25. The molecular formula is C30H62O10. The minimum absolute atomic E-state index is 0.120. The summed E-state index contributed by atoms with van der Waals surface area (Å²) in [6, 6.07) is 0. The molecule has 0 saturated carbocycles. The van der Waals surface area contributed by atoms with Crippen molar-refractivity contribution < 1.29 is 48.0 Å². The van der Waals surface area contributed by atoms with E-state index in [1.165, 1.54) is 7.11 Å². The Hall–Kier alpha value is -0.400. The van der Waals surface area contributed by atoms with Crippen LogP contribution in [0.4, 0.5) is 0 Å². The summed E-state index contributed by atoms with van der Waals surface area (Å²) in [6.45, 7) is 24.8. The van der Waals surface area contributed by atoms with E-state index in [1.54, 1.807) is 0 Å². The molecule has 0 aliphatic carbocycles. The molecule has 10 heteroatoms. The SMILES string of the molecule is CCCCOC(CCC(OC)(OCC)C(OCCC)(OOOC(C)(C)C)OC(C)C)(OCC(C)C)OC(C)CC. The lowest BCUT2D eigenvalue weighted by molar-refractivity contribution is -0.659. The zero-order valence-electron chi connectivity index (χ0n) is 27.9. The molecule has 0 aliphatic rings. The van der Waals surface area contributed by atoms with Crippen LogP contribution in [-0.2, 0) is 48.0 Å². The molecule has 0 heterocycles. The quantitative estimate of drug-likeness (QED) is 0.0473. The Kier molecular flexibility index (Phi) is 19.5. The van der Waals surface area contributed by atoms with Crippen molar-refractivity contribution in [3.05, 3.63) is 0 Å². The molecule has 0 amide bonds. The monoisotopic (exact) mass is 582 g/mol. The van der Waals surface area contributed by atoms with Crippen molar-refractivity contribution in [3.63, 3.8) is 0 Å². The molecule has 10 nitrogen and oxygen atoms in total. The Morgan fingerprint density at radius 1 is 0.700 bits per heavy atom. The van der Waals surface area contributed by atoms with Crippen molar-refractivity contribution in [2.75, 3.05) is 33.5 Å². The van der Waals surface area contributed by atoms with Crippen molar-refractivity contribution >= 4 is 0 Å². The van der Waals surface area contributed by atoms with Gasteiger partial charge in [-0.15, -0.1) is 4.89 Å². The van der Waals surface area contributed by atoms with Gasteiger partial charge in [-0.2, -0.15) is 0 Å². The van der Waals surface area contributed by atoms with Crippen LogP contribution in [0.5, 0.6) is 0 Å². The van der Waals surface area contributed by atoms with Gasteiger partial charge < -0.3 is 33.2 Å². The first-order chi connectivity index (χ1) is 18.7. The molecule has 242 valence electrons. The maximum Gasteiger partial charge on any atom is 0.371 e. The Morgan fingerprint density at radius 2 is 1.38 bits per heavy atom. The molecule has 0 spiro atoms. The van der Waals surface area contributed by atoms with Gasteiger partial charge >= 0.3 is 5.97 Å². The molecule has 4 unspecified atom stereocenters. The highest BCUT2D eigenvalue weighted by molar-refractivity contribution is 4.85. The van der Waals surface area contributed by atoms with E-state index in [4.69, 9.17) is 48.0 Å². The van der Waals surface area contributed by atoms with Gasteiger partial charge in [0.1, 0.15) is 0 Å². The van der Waals surface area contributed by atoms with Crippen LogP contribution < -0.4 is 0 Å². The van der Waals surface area contributed by atoms with E-state index in [0.717, 1.165) is 19.3 Å². The van der Waals surface area contributed by atoms with Crippen LogP contribution in [0.3, 0.4) is 0 Å². The van der Waals surface area contributed by atoms with Gasteiger partial charge in [0.15, 0.2) is 0 Å². The van der Waals surface area contributed by atoms with E-state index in [0.29, 0.717) is 19.6 Å². The molecule has 4 atom stereocenters. The Balaban J connectivity index is 6.72. The first-order valence-corrected chi connectivity index (χ1v) is 15.2. The summed E-state index contributed by atoms with van der Waals surface area (Å²) in [4.78, 5) is 11.3. The van der Waals surface area contributed by atoms with Gasteiger partial charge in [-0.1, -0.05) is 46.1 Å². The molecule has 0 fully saturated rings. The van der Waals surface area contributed by atoms with E-state index in [-0.39, 0.29) is 44.2 Å². The highest BCUT2D eigenvalue weighted by Crippen LogP contribution is 2.42. The van der Waals surface area contributed by atoms with Gasteiger partial charge in [-0.3, -0.25) is 0 Å². The van der Waals surface area contributed by atoms with Crippen molar-refractivity contribution in [2.45, 2.75) is 157 Å². The van der Waals surface area contributed by atoms with Crippen LogP contribution in [0.1, 0.15) is 122 Å². The van der Waals surface area contributed by atoms with Crippen LogP contribution >= 0.6 is 0 Å². The van der Waals surface area contributed by atoms with Crippen molar-refractivity contribution in [3.8, 4) is 0 Å². The topological polar surface area (TPSA) is 92.3 Å².